The van der Waals surface area contributed by atoms with Gasteiger partial charge in [0.1, 0.15) is 5.60 Å². The summed E-state index contributed by atoms with van der Waals surface area (Å²) >= 11 is 0. The van der Waals surface area contributed by atoms with Gasteiger partial charge in [0, 0.05) is 42.3 Å². The van der Waals surface area contributed by atoms with Crippen LogP contribution >= 0.6 is 0 Å². The van der Waals surface area contributed by atoms with Gasteiger partial charge in [-0.25, -0.2) is 13.2 Å². The second-order valence-corrected chi connectivity index (χ2v) is 12.7. The number of likely N-dealkylation sites (tertiary alicyclic amines) is 1. The Morgan fingerprint density at radius 2 is 1.84 bits per heavy atom. The van der Waals surface area contributed by atoms with Crippen molar-refractivity contribution in [2.45, 2.75) is 45.1 Å². The van der Waals surface area contributed by atoms with Crippen molar-refractivity contribution >= 4 is 32.7 Å². The molecule has 0 unspecified atom stereocenters. The van der Waals surface area contributed by atoms with Crippen LogP contribution < -0.4 is 4.72 Å². The fraction of sp³-hybridized carbons (Fsp3) is 0.464. The van der Waals surface area contributed by atoms with Gasteiger partial charge in [0.05, 0.1) is 11.9 Å². The standard InChI is InChI=1S/C28H38N4O4S/c1-28(2,3)36-27(33)31(4)16-17-32-14-12-20(13-15-32)21-10-11-24-22(18-21)19-26(29-24)23-8-6-7-9-25(23)30-37(5,34)35/h6-11,18-20,29-30H,12-17H2,1-5H3. The van der Waals surface area contributed by atoms with E-state index in [-0.39, 0.29) is 6.09 Å². The number of aromatic nitrogens is 1. The number of nitrogens with zero attached hydrogens (tertiary/aromatic N) is 2. The zero-order valence-electron chi connectivity index (χ0n) is 22.4. The molecule has 2 N–H and O–H groups in total. The van der Waals surface area contributed by atoms with E-state index in [2.05, 4.69) is 38.9 Å². The number of hydrogen-bond acceptors (Lipinski definition) is 5. The maximum absolute atomic E-state index is 12.2. The summed E-state index contributed by atoms with van der Waals surface area (Å²) in [6, 6.07) is 16.0. The Hall–Kier alpha value is -3.04. The molecule has 0 atom stereocenters. The quantitative estimate of drug-likeness (QED) is 0.438. The van der Waals surface area contributed by atoms with Crippen LogP contribution in [0.15, 0.2) is 48.5 Å². The topological polar surface area (TPSA) is 94.7 Å². The molecule has 0 bridgehead atoms. The lowest BCUT2D eigenvalue weighted by molar-refractivity contribution is 0.0278. The Morgan fingerprint density at radius 1 is 1.14 bits per heavy atom. The van der Waals surface area contributed by atoms with Crippen LogP contribution in [0.4, 0.5) is 10.5 Å². The highest BCUT2D eigenvalue weighted by molar-refractivity contribution is 7.92. The van der Waals surface area contributed by atoms with E-state index in [1.54, 1.807) is 18.0 Å². The van der Waals surface area contributed by atoms with Crippen LogP contribution in [0.2, 0.25) is 0 Å². The predicted octanol–water partition coefficient (Wildman–Crippen LogP) is 5.25. The zero-order valence-corrected chi connectivity index (χ0v) is 23.2. The fourth-order valence-electron chi connectivity index (χ4n) is 4.77. The Balaban J connectivity index is 1.38. The number of rotatable bonds is 7. The molecule has 0 saturated carbocycles. The average molecular weight is 527 g/mol. The molecule has 4 rings (SSSR count). The van der Waals surface area contributed by atoms with Crippen molar-refractivity contribution in [3.05, 3.63) is 54.1 Å². The highest BCUT2D eigenvalue weighted by Crippen LogP contribution is 2.34. The average Bonchev–Trinajstić information content (AvgIpc) is 3.24. The SMILES string of the molecule is CN(CCN1CCC(c2ccc3[nH]c(-c4ccccc4NS(C)(=O)=O)cc3c2)CC1)C(=O)OC(C)(C)C. The van der Waals surface area contributed by atoms with Gasteiger partial charge >= 0.3 is 6.09 Å². The Labute approximate surface area is 220 Å². The number of nitrogens with one attached hydrogen (secondary N) is 2. The first-order chi connectivity index (χ1) is 17.4. The molecule has 1 aromatic heterocycles. The molecular formula is C28H38N4O4S. The summed E-state index contributed by atoms with van der Waals surface area (Å²) in [5, 5.41) is 1.11. The van der Waals surface area contributed by atoms with Gasteiger partial charge in [0.2, 0.25) is 10.0 Å². The summed E-state index contributed by atoms with van der Waals surface area (Å²) in [6.07, 6.45) is 3.02. The van der Waals surface area contributed by atoms with Gasteiger partial charge in [0.25, 0.3) is 0 Å². The number of aromatic amines is 1. The van der Waals surface area contributed by atoms with Crippen LogP contribution in [-0.4, -0.2) is 74.4 Å². The van der Waals surface area contributed by atoms with Crippen LogP contribution in [-0.2, 0) is 14.8 Å². The number of hydrogen-bond donors (Lipinski definition) is 2. The van der Waals surface area contributed by atoms with Crippen molar-refractivity contribution in [1.29, 1.82) is 0 Å². The molecule has 0 radical (unpaired) electrons. The first-order valence-corrected chi connectivity index (χ1v) is 14.6. The molecule has 0 aliphatic carbocycles. The Bertz CT molecular complexity index is 1350. The number of sulfonamides is 1. The number of fused-ring (bicyclic) bond motifs is 1. The van der Waals surface area contributed by atoms with Gasteiger partial charge in [-0.2, -0.15) is 0 Å². The van der Waals surface area contributed by atoms with Crippen LogP contribution in [0.1, 0.15) is 45.1 Å². The highest BCUT2D eigenvalue weighted by atomic mass is 32.2. The number of piperidine rings is 1. The molecule has 200 valence electrons. The van der Waals surface area contributed by atoms with Gasteiger partial charge in [-0.1, -0.05) is 24.3 Å². The van der Waals surface area contributed by atoms with Crippen molar-refractivity contribution < 1.29 is 17.9 Å². The van der Waals surface area contributed by atoms with Gasteiger partial charge in [-0.05, 0) is 82.4 Å². The Kier molecular flexibility index (Phi) is 7.85. The number of para-hydroxylation sites is 1. The number of amides is 1. The van der Waals surface area contributed by atoms with Crippen molar-refractivity contribution in [1.82, 2.24) is 14.8 Å². The van der Waals surface area contributed by atoms with Crippen LogP contribution in [0, 0.1) is 0 Å². The molecule has 37 heavy (non-hydrogen) atoms. The van der Waals surface area contributed by atoms with E-state index in [4.69, 9.17) is 4.74 Å². The minimum Gasteiger partial charge on any atom is -0.444 e. The van der Waals surface area contributed by atoms with Crippen molar-refractivity contribution in [3.8, 4) is 11.3 Å². The molecular weight excluding hydrogens is 488 g/mol. The molecule has 2 heterocycles. The molecule has 1 amide bonds. The number of benzene rings is 2. The minimum absolute atomic E-state index is 0.281. The third-order valence-electron chi connectivity index (χ3n) is 6.67. The maximum atomic E-state index is 12.2. The summed E-state index contributed by atoms with van der Waals surface area (Å²) in [5.41, 5.74) is 4.11. The largest absolute Gasteiger partial charge is 0.444 e. The van der Waals surface area contributed by atoms with Crippen LogP contribution in [0.3, 0.4) is 0 Å². The molecule has 9 heteroatoms. The molecule has 3 aromatic rings. The summed E-state index contributed by atoms with van der Waals surface area (Å²) in [6.45, 7) is 9.11. The van der Waals surface area contributed by atoms with Gasteiger partial charge in [-0.3, -0.25) is 4.72 Å². The van der Waals surface area contributed by atoms with Gasteiger partial charge in [-0.15, -0.1) is 0 Å². The number of ether oxygens (including phenoxy) is 1. The monoisotopic (exact) mass is 526 g/mol. The minimum atomic E-state index is -3.38. The van der Waals surface area contributed by atoms with Crippen molar-refractivity contribution in [2.75, 3.05) is 44.2 Å². The summed E-state index contributed by atoms with van der Waals surface area (Å²) in [5.74, 6) is 0.488. The predicted molar refractivity (Wildman–Crippen MR) is 149 cm³/mol. The molecule has 0 spiro atoms. The third-order valence-corrected chi connectivity index (χ3v) is 7.26. The third kappa shape index (κ3) is 7.26. The van der Waals surface area contributed by atoms with E-state index in [9.17, 15) is 13.2 Å². The molecule has 1 aliphatic heterocycles. The first kappa shape index (κ1) is 27.0. The zero-order chi connectivity index (χ0) is 26.8. The first-order valence-electron chi connectivity index (χ1n) is 12.7. The highest BCUT2D eigenvalue weighted by Gasteiger charge is 2.23. The Morgan fingerprint density at radius 3 is 2.51 bits per heavy atom. The van der Waals surface area contributed by atoms with E-state index < -0.39 is 15.6 Å². The number of likely N-dealkylation sites (N-methyl/N-ethyl adjacent to an activating group) is 1. The molecule has 2 aromatic carbocycles. The van der Waals surface area contributed by atoms with E-state index in [0.717, 1.165) is 60.9 Å². The lowest BCUT2D eigenvalue weighted by atomic mass is 9.89. The summed E-state index contributed by atoms with van der Waals surface area (Å²) in [7, 11) is -1.59. The smallest absolute Gasteiger partial charge is 0.410 e. The van der Waals surface area contributed by atoms with Crippen molar-refractivity contribution in [2.24, 2.45) is 0 Å². The van der Waals surface area contributed by atoms with Crippen molar-refractivity contribution in [3.63, 3.8) is 0 Å². The lowest BCUT2D eigenvalue weighted by Crippen LogP contribution is -2.41. The molecule has 1 fully saturated rings. The maximum Gasteiger partial charge on any atom is 0.410 e. The van der Waals surface area contributed by atoms with Crippen LogP contribution in [0.25, 0.3) is 22.2 Å². The summed E-state index contributed by atoms with van der Waals surface area (Å²) in [4.78, 5) is 19.7. The second-order valence-electron chi connectivity index (χ2n) is 11.0. The van der Waals surface area contributed by atoms with E-state index in [1.165, 1.54) is 5.56 Å². The lowest BCUT2D eigenvalue weighted by Gasteiger charge is -2.33. The normalized spacial score (nSPS) is 15.6. The van der Waals surface area contributed by atoms with Crippen LogP contribution in [0.5, 0.6) is 0 Å². The number of carbonyl (C=O) groups is 1. The number of H-pyrrole nitrogens is 1. The number of anilines is 1. The van der Waals surface area contributed by atoms with E-state index in [1.807, 2.05) is 39.0 Å². The number of carbonyl (C=O) groups excluding carboxylic acids is 1. The molecule has 8 nitrogen and oxygen atoms in total. The van der Waals surface area contributed by atoms with Gasteiger partial charge in [0.15, 0.2) is 0 Å². The molecule has 1 aliphatic rings. The molecule has 1 saturated heterocycles. The van der Waals surface area contributed by atoms with Gasteiger partial charge < -0.3 is 19.5 Å². The summed E-state index contributed by atoms with van der Waals surface area (Å²) < 4.78 is 31.7. The van der Waals surface area contributed by atoms with E-state index >= 15 is 0 Å². The fourth-order valence-corrected chi connectivity index (χ4v) is 5.35. The van der Waals surface area contributed by atoms with E-state index in [0.29, 0.717) is 18.2 Å². The second kappa shape index (κ2) is 10.8.